The summed E-state index contributed by atoms with van der Waals surface area (Å²) in [4.78, 5) is 2.88. The van der Waals surface area contributed by atoms with Crippen molar-refractivity contribution in [3.05, 3.63) is 28.5 Å². The topological polar surface area (TPSA) is 29.9 Å². The van der Waals surface area contributed by atoms with Crippen LogP contribution in [0.1, 0.15) is 13.8 Å². The quantitative estimate of drug-likeness (QED) is 0.868. The number of fused-ring (bicyclic) bond motifs is 1. The first-order valence-electron chi connectivity index (χ1n) is 5.46. The summed E-state index contributed by atoms with van der Waals surface area (Å²) >= 11 is 5.18. The lowest BCUT2D eigenvalue weighted by molar-refractivity contribution is 0.111. The van der Waals surface area contributed by atoms with E-state index in [4.69, 9.17) is 17.0 Å². The molecule has 1 N–H and O–H groups in total. The molecular formula is C12H14F2N2OS. The van der Waals surface area contributed by atoms with Crippen LogP contribution in [0.25, 0.3) is 11.0 Å². The third-order valence-corrected chi connectivity index (χ3v) is 3.12. The van der Waals surface area contributed by atoms with E-state index in [1.807, 2.05) is 13.8 Å². The molecule has 1 aromatic carbocycles. The maximum atomic E-state index is 13.9. The number of benzene rings is 1. The zero-order valence-electron chi connectivity index (χ0n) is 10.4. The monoisotopic (exact) mass is 272 g/mol. The molecule has 3 nitrogen and oxygen atoms in total. The van der Waals surface area contributed by atoms with Crippen LogP contribution in [-0.2, 0) is 10.3 Å². The summed E-state index contributed by atoms with van der Waals surface area (Å²) in [6, 6.07) is 2.56. The Bertz CT molecular complexity index is 645. The largest absolute Gasteiger partial charge is 0.382 e. The van der Waals surface area contributed by atoms with Crippen LogP contribution >= 0.6 is 12.2 Å². The van der Waals surface area contributed by atoms with Crippen LogP contribution in [0.5, 0.6) is 0 Å². The molecule has 1 heterocycles. The van der Waals surface area contributed by atoms with Gasteiger partial charge < -0.3 is 14.3 Å². The fraction of sp³-hybridized carbons (Fsp3) is 0.417. The lowest BCUT2D eigenvalue weighted by atomic mass is 10.1. The summed E-state index contributed by atoms with van der Waals surface area (Å²) in [5.41, 5.74) is 0.0451. The minimum absolute atomic E-state index is 0.141. The second-order valence-corrected chi connectivity index (χ2v) is 5.16. The van der Waals surface area contributed by atoms with Crippen molar-refractivity contribution in [1.29, 1.82) is 0 Å². The van der Waals surface area contributed by atoms with Gasteiger partial charge in [-0.3, -0.25) is 0 Å². The number of H-pyrrole nitrogens is 1. The van der Waals surface area contributed by atoms with Crippen molar-refractivity contribution < 1.29 is 13.5 Å². The van der Waals surface area contributed by atoms with E-state index in [0.29, 0.717) is 16.9 Å². The van der Waals surface area contributed by atoms with Crippen LogP contribution in [0.2, 0.25) is 0 Å². The molecule has 0 spiro atoms. The van der Waals surface area contributed by atoms with Gasteiger partial charge in [0.15, 0.2) is 16.4 Å². The van der Waals surface area contributed by atoms with E-state index >= 15 is 0 Å². The number of rotatable bonds is 3. The fourth-order valence-electron chi connectivity index (χ4n) is 2.13. The number of hydrogen-bond donors (Lipinski definition) is 1. The minimum Gasteiger partial charge on any atom is -0.382 e. The van der Waals surface area contributed by atoms with Crippen LogP contribution in [0.4, 0.5) is 8.78 Å². The van der Waals surface area contributed by atoms with Gasteiger partial charge in [0, 0.05) is 7.11 Å². The molecule has 0 saturated carbocycles. The first-order valence-corrected chi connectivity index (χ1v) is 5.87. The number of aromatic amines is 1. The number of nitrogens with zero attached hydrogens (tertiary/aromatic N) is 1. The summed E-state index contributed by atoms with van der Waals surface area (Å²) < 4.78 is 34.3. The van der Waals surface area contributed by atoms with Crippen LogP contribution in [0, 0.1) is 16.4 Å². The average molecular weight is 272 g/mol. The summed E-state index contributed by atoms with van der Waals surface area (Å²) in [6.07, 6.45) is 0. The Morgan fingerprint density at radius 1 is 1.39 bits per heavy atom. The van der Waals surface area contributed by atoms with Gasteiger partial charge in [0.2, 0.25) is 0 Å². The Labute approximate surface area is 108 Å². The third-order valence-electron chi connectivity index (χ3n) is 2.84. The standard InChI is InChI=1S/C12H14F2N2OS/c1-12(2,6-17-3)16-10-8(15-11(16)18)5-4-7(13)9(10)14/h4-5H,6H2,1-3H3,(H,15,18). The Balaban J connectivity index is 2.82. The minimum atomic E-state index is -0.899. The highest BCUT2D eigenvalue weighted by atomic mass is 32.1. The highest BCUT2D eigenvalue weighted by Crippen LogP contribution is 2.27. The molecule has 0 bridgehead atoms. The molecular weight excluding hydrogens is 258 g/mol. The lowest BCUT2D eigenvalue weighted by Gasteiger charge is -2.26. The van der Waals surface area contributed by atoms with Gasteiger partial charge in [0.1, 0.15) is 5.52 Å². The van der Waals surface area contributed by atoms with Crippen molar-refractivity contribution in [2.45, 2.75) is 19.4 Å². The second-order valence-electron chi connectivity index (χ2n) is 4.77. The first-order chi connectivity index (χ1) is 8.38. The van der Waals surface area contributed by atoms with Crippen molar-refractivity contribution >= 4 is 23.3 Å². The Kier molecular flexibility index (Phi) is 3.25. The van der Waals surface area contributed by atoms with E-state index in [0.717, 1.165) is 6.07 Å². The van der Waals surface area contributed by atoms with Gasteiger partial charge in [0.25, 0.3) is 0 Å². The molecule has 0 aliphatic carbocycles. The molecule has 0 saturated heterocycles. The van der Waals surface area contributed by atoms with Crippen molar-refractivity contribution in [2.24, 2.45) is 0 Å². The van der Waals surface area contributed by atoms with Crippen LogP contribution in [0.3, 0.4) is 0 Å². The van der Waals surface area contributed by atoms with Crippen molar-refractivity contribution in [2.75, 3.05) is 13.7 Å². The van der Waals surface area contributed by atoms with Gasteiger partial charge in [0.05, 0.1) is 17.7 Å². The molecule has 98 valence electrons. The van der Waals surface area contributed by atoms with Gasteiger partial charge in [-0.2, -0.15) is 0 Å². The van der Waals surface area contributed by atoms with Crippen molar-refractivity contribution in [3.63, 3.8) is 0 Å². The number of methoxy groups -OCH3 is 1. The van der Waals surface area contributed by atoms with Crippen molar-refractivity contribution in [1.82, 2.24) is 9.55 Å². The molecule has 0 amide bonds. The van der Waals surface area contributed by atoms with E-state index in [1.54, 1.807) is 11.7 Å². The van der Waals surface area contributed by atoms with E-state index in [-0.39, 0.29) is 5.52 Å². The molecule has 0 unspecified atom stereocenters. The van der Waals surface area contributed by atoms with Crippen LogP contribution in [0.15, 0.2) is 12.1 Å². The smallest absolute Gasteiger partial charge is 0.184 e. The summed E-state index contributed by atoms with van der Waals surface area (Å²) in [5.74, 6) is -1.79. The predicted octanol–water partition coefficient (Wildman–Crippen LogP) is 3.36. The summed E-state index contributed by atoms with van der Waals surface area (Å²) in [6.45, 7) is 4.04. The number of nitrogens with one attached hydrogen (secondary N) is 1. The van der Waals surface area contributed by atoms with Gasteiger partial charge in [-0.15, -0.1) is 0 Å². The van der Waals surface area contributed by atoms with Crippen LogP contribution < -0.4 is 0 Å². The number of imidazole rings is 1. The number of aromatic nitrogens is 2. The second kappa shape index (κ2) is 4.44. The fourth-order valence-corrected chi connectivity index (χ4v) is 2.58. The van der Waals surface area contributed by atoms with E-state index < -0.39 is 17.2 Å². The summed E-state index contributed by atoms with van der Waals surface area (Å²) in [5, 5.41) is 0. The summed E-state index contributed by atoms with van der Waals surface area (Å²) in [7, 11) is 1.55. The first kappa shape index (κ1) is 13.2. The third kappa shape index (κ3) is 1.95. The number of hydrogen-bond acceptors (Lipinski definition) is 2. The Hall–Kier alpha value is -1.27. The van der Waals surface area contributed by atoms with Crippen LogP contribution in [-0.4, -0.2) is 23.3 Å². The van der Waals surface area contributed by atoms with E-state index in [2.05, 4.69) is 4.98 Å². The average Bonchev–Trinajstić information content (AvgIpc) is 2.61. The predicted molar refractivity (Wildman–Crippen MR) is 68.2 cm³/mol. The molecule has 0 radical (unpaired) electrons. The maximum absolute atomic E-state index is 13.9. The molecule has 18 heavy (non-hydrogen) atoms. The maximum Gasteiger partial charge on any atom is 0.184 e. The molecule has 2 rings (SSSR count). The molecule has 2 aromatic rings. The molecule has 0 aliphatic heterocycles. The van der Waals surface area contributed by atoms with Gasteiger partial charge in [-0.25, -0.2) is 8.78 Å². The van der Waals surface area contributed by atoms with E-state index in [9.17, 15) is 8.78 Å². The zero-order valence-corrected chi connectivity index (χ0v) is 11.2. The Morgan fingerprint density at radius 2 is 2.06 bits per heavy atom. The van der Waals surface area contributed by atoms with E-state index in [1.165, 1.54) is 6.07 Å². The number of ether oxygens (including phenoxy) is 1. The zero-order chi connectivity index (χ0) is 13.5. The number of halogens is 2. The SMILES string of the molecule is COCC(C)(C)n1c(=S)[nH]c2ccc(F)c(F)c21. The molecule has 0 atom stereocenters. The van der Waals surface area contributed by atoms with Crippen molar-refractivity contribution in [3.8, 4) is 0 Å². The van der Waals surface area contributed by atoms with Gasteiger partial charge in [-0.1, -0.05) is 0 Å². The highest BCUT2D eigenvalue weighted by molar-refractivity contribution is 7.71. The Morgan fingerprint density at radius 3 is 2.67 bits per heavy atom. The molecule has 0 aliphatic rings. The normalized spacial score (nSPS) is 12.3. The van der Waals surface area contributed by atoms with Gasteiger partial charge in [-0.05, 0) is 38.2 Å². The van der Waals surface area contributed by atoms with Gasteiger partial charge >= 0.3 is 0 Å². The molecule has 0 fully saturated rings. The highest BCUT2D eigenvalue weighted by Gasteiger charge is 2.26. The lowest BCUT2D eigenvalue weighted by Crippen LogP contribution is -2.31. The molecule has 1 aromatic heterocycles. The molecule has 6 heteroatoms.